The van der Waals surface area contributed by atoms with Gasteiger partial charge in [0.1, 0.15) is 0 Å². The van der Waals surface area contributed by atoms with E-state index in [-0.39, 0.29) is 5.91 Å². The Morgan fingerprint density at radius 1 is 1.62 bits per heavy atom. The Labute approximate surface area is 45.9 Å². The lowest BCUT2D eigenvalue weighted by atomic mass is 10.6. The van der Waals surface area contributed by atoms with E-state index in [2.05, 4.69) is 10.2 Å². The molecular formula is C4H5FN2O. The van der Waals surface area contributed by atoms with E-state index >= 15 is 0 Å². The van der Waals surface area contributed by atoms with E-state index in [0.717, 1.165) is 0 Å². The lowest BCUT2D eigenvalue weighted by molar-refractivity contribution is -0.113. The molecule has 1 heterocycles. The fourth-order valence-corrected chi connectivity index (χ4v) is 0.221. The Bertz CT molecular complexity index is 116. The van der Waals surface area contributed by atoms with Gasteiger partial charge < -0.3 is 0 Å². The number of amides is 1. The number of halogens is 1. The van der Waals surface area contributed by atoms with Crippen molar-refractivity contribution < 1.29 is 9.18 Å². The van der Waals surface area contributed by atoms with Crippen molar-refractivity contribution >= 4 is 5.91 Å². The Hall–Kier alpha value is -1.06. The van der Waals surface area contributed by atoms with Gasteiger partial charge in [-0.05, 0) is 0 Å². The monoisotopic (exact) mass is 116 g/mol. The summed E-state index contributed by atoms with van der Waals surface area (Å²) in [5.41, 5.74) is 0. The van der Waals surface area contributed by atoms with Crippen molar-refractivity contribution in [3.05, 3.63) is 12.3 Å². The molecule has 44 valence electrons. The number of carbonyl (C=O) groups is 1. The molecule has 1 aliphatic rings. The Balaban J connectivity index is 0.000000222. The third-order valence-electron chi connectivity index (χ3n) is 0.440. The standard InChI is InChI=1S/C3H2N2O.CH3F/c6-3-1-2-4-5-3;1-2/h1-2H;1H3. The van der Waals surface area contributed by atoms with Gasteiger partial charge in [-0.2, -0.15) is 5.11 Å². The average Bonchev–Trinajstić information content (AvgIpc) is 2.24. The van der Waals surface area contributed by atoms with Crippen molar-refractivity contribution in [1.29, 1.82) is 0 Å². The number of hydrogen-bond acceptors (Lipinski definition) is 2. The molecule has 0 aromatic heterocycles. The molecule has 4 heteroatoms. The summed E-state index contributed by atoms with van der Waals surface area (Å²) in [6, 6.07) is 0. The van der Waals surface area contributed by atoms with E-state index in [9.17, 15) is 9.18 Å². The summed E-state index contributed by atoms with van der Waals surface area (Å²) >= 11 is 0. The molecule has 8 heavy (non-hydrogen) atoms. The van der Waals surface area contributed by atoms with Crippen LogP contribution in [0.3, 0.4) is 0 Å². The van der Waals surface area contributed by atoms with Crippen molar-refractivity contribution in [2.24, 2.45) is 10.2 Å². The molecule has 3 nitrogen and oxygen atoms in total. The summed E-state index contributed by atoms with van der Waals surface area (Å²) in [4.78, 5) is 9.90. The molecule has 1 rings (SSSR count). The van der Waals surface area contributed by atoms with Gasteiger partial charge in [0.25, 0.3) is 5.91 Å². The predicted octanol–water partition coefficient (Wildman–Crippen LogP) is 1.08. The molecule has 0 fully saturated rings. The van der Waals surface area contributed by atoms with E-state index in [4.69, 9.17) is 0 Å². The van der Waals surface area contributed by atoms with Crippen molar-refractivity contribution in [2.45, 2.75) is 0 Å². The molecular weight excluding hydrogens is 111 g/mol. The van der Waals surface area contributed by atoms with Crippen molar-refractivity contribution in [3.8, 4) is 0 Å². The van der Waals surface area contributed by atoms with Crippen LogP contribution < -0.4 is 0 Å². The van der Waals surface area contributed by atoms with Gasteiger partial charge in [0.2, 0.25) is 0 Å². The second-order valence-corrected chi connectivity index (χ2v) is 0.869. The Morgan fingerprint density at radius 3 is 2.38 bits per heavy atom. The van der Waals surface area contributed by atoms with E-state index < -0.39 is 0 Å². The van der Waals surface area contributed by atoms with Crippen molar-refractivity contribution in [3.63, 3.8) is 0 Å². The van der Waals surface area contributed by atoms with Gasteiger partial charge in [-0.25, -0.2) is 0 Å². The summed E-state index contributed by atoms with van der Waals surface area (Å²) in [7, 11) is 0.500. The molecule has 0 unspecified atom stereocenters. The number of alkyl halides is 1. The number of azo groups is 1. The minimum Gasteiger partial charge on any atom is -0.266 e. The van der Waals surface area contributed by atoms with Crippen molar-refractivity contribution in [2.75, 3.05) is 7.18 Å². The lowest BCUT2D eigenvalue weighted by Crippen LogP contribution is -1.74. The van der Waals surface area contributed by atoms with Gasteiger partial charge in [-0.15, -0.1) is 5.11 Å². The van der Waals surface area contributed by atoms with E-state index in [1.165, 1.54) is 12.3 Å². The van der Waals surface area contributed by atoms with Gasteiger partial charge >= 0.3 is 0 Å². The molecule has 0 aliphatic carbocycles. The van der Waals surface area contributed by atoms with Crippen LogP contribution in [0.2, 0.25) is 0 Å². The first kappa shape index (κ1) is 6.94. The summed E-state index contributed by atoms with van der Waals surface area (Å²) in [6.45, 7) is 0. The summed E-state index contributed by atoms with van der Waals surface area (Å²) < 4.78 is 9.50. The fourth-order valence-electron chi connectivity index (χ4n) is 0.221. The summed E-state index contributed by atoms with van der Waals surface area (Å²) in [5.74, 6) is -0.269. The zero-order chi connectivity index (χ0) is 6.41. The predicted molar refractivity (Wildman–Crippen MR) is 26.0 cm³/mol. The van der Waals surface area contributed by atoms with Crippen LogP contribution in [-0.4, -0.2) is 13.1 Å². The average molecular weight is 116 g/mol. The van der Waals surface area contributed by atoms with Crippen LogP contribution in [0.5, 0.6) is 0 Å². The smallest absolute Gasteiger partial charge is 0.266 e. The first-order valence-corrected chi connectivity index (χ1v) is 1.89. The zero-order valence-corrected chi connectivity index (χ0v) is 4.34. The highest BCUT2D eigenvalue weighted by Crippen LogP contribution is 1.90. The molecule has 0 N–H and O–H groups in total. The van der Waals surface area contributed by atoms with Crippen LogP contribution in [0, 0.1) is 0 Å². The molecule has 0 spiro atoms. The number of rotatable bonds is 0. The van der Waals surface area contributed by atoms with E-state index in [1.807, 2.05) is 0 Å². The highest BCUT2D eigenvalue weighted by molar-refractivity contribution is 5.89. The normalized spacial score (nSPS) is 13.5. The van der Waals surface area contributed by atoms with Crippen LogP contribution in [0.25, 0.3) is 0 Å². The molecule has 0 saturated carbocycles. The van der Waals surface area contributed by atoms with Gasteiger partial charge in [0, 0.05) is 6.08 Å². The molecule has 0 aromatic rings. The largest absolute Gasteiger partial charge is 0.289 e. The topological polar surface area (TPSA) is 41.8 Å². The summed E-state index contributed by atoms with van der Waals surface area (Å²) in [6.07, 6.45) is 2.67. The van der Waals surface area contributed by atoms with Gasteiger partial charge in [0.15, 0.2) is 0 Å². The molecule has 0 aromatic carbocycles. The SMILES string of the molecule is CF.O=C1C=CN=N1. The van der Waals surface area contributed by atoms with Crippen LogP contribution in [0.1, 0.15) is 0 Å². The quantitative estimate of drug-likeness (QED) is 0.466. The maximum Gasteiger partial charge on any atom is 0.289 e. The minimum atomic E-state index is -0.269. The molecule has 0 atom stereocenters. The summed E-state index contributed by atoms with van der Waals surface area (Å²) in [5, 5.41) is 6.37. The van der Waals surface area contributed by atoms with Crippen LogP contribution >= 0.6 is 0 Å². The molecule has 0 saturated heterocycles. The third-order valence-corrected chi connectivity index (χ3v) is 0.440. The first-order valence-electron chi connectivity index (χ1n) is 1.89. The van der Waals surface area contributed by atoms with Gasteiger partial charge in [0.05, 0.1) is 13.4 Å². The first-order chi connectivity index (χ1) is 3.89. The van der Waals surface area contributed by atoms with Crippen LogP contribution in [0.15, 0.2) is 22.5 Å². The number of carbonyl (C=O) groups excluding carboxylic acids is 1. The maximum absolute atomic E-state index is 9.90. The van der Waals surface area contributed by atoms with Crippen LogP contribution in [0.4, 0.5) is 4.39 Å². The molecule has 1 amide bonds. The zero-order valence-electron chi connectivity index (χ0n) is 4.34. The Morgan fingerprint density at radius 2 is 2.25 bits per heavy atom. The van der Waals surface area contributed by atoms with Crippen LogP contribution in [-0.2, 0) is 4.79 Å². The highest BCUT2D eigenvalue weighted by atomic mass is 19.1. The lowest BCUT2D eigenvalue weighted by Gasteiger charge is -1.59. The fraction of sp³-hybridized carbons (Fsp3) is 0.250. The van der Waals surface area contributed by atoms with E-state index in [0.29, 0.717) is 7.18 Å². The molecule has 0 bridgehead atoms. The second kappa shape index (κ2) is 4.11. The number of nitrogens with zero attached hydrogens (tertiary/aromatic N) is 2. The van der Waals surface area contributed by atoms with Gasteiger partial charge in [-0.3, -0.25) is 9.18 Å². The number of hydrogen-bond donors (Lipinski definition) is 0. The third kappa shape index (κ3) is 2.17. The van der Waals surface area contributed by atoms with E-state index in [1.54, 1.807) is 0 Å². The Kier molecular flexibility index (Phi) is 3.56. The van der Waals surface area contributed by atoms with Gasteiger partial charge in [-0.1, -0.05) is 0 Å². The second-order valence-electron chi connectivity index (χ2n) is 0.869. The molecule has 0 radical (unpaired) electrons. The minimum absolute atomic E-state index is 0.269. The van der Waals surface area contributed by atoms with Crippen molar-refractivity contribution in [1.82, 2.24) is 0 Å². The molecule has 1 aliphatic heterocycles. The highest BCUT2D eigenvalue weighted by Gasteiger charge is 1.92. The maximum atomic E-state index is 9.90.